The summed E-state index contributed by atoms with van der Waals surface area (Å²) in [5, 5.41) is 6.50. The van der Waals surface area contributed by atoms with Gasteiger partial charge in [0, 0.05) is 31.6 Å². The number of rotatable bonds is 3. The van der Waals surface area contributed by atoms with Gasteiger partial charge < -0.3 is 15.5 Å². The van der Waals surface area contributed by atoms with Gasteiger partial charge in [-0.3, -0.25) is 9.59 Å². The lowest BCUT2D eigenvalue weighted by Gasteiger charge is -2.34. The maximum absolute atomic E-state index is 12.5. The molecule has 0 spiro atoms. The van der Waals surface area contributed by atoms with E-state index in [4.69, 9.17) is 0 Å². The molecule has 1 aromatic carbocycles. The van der Waals surface area contributed by atoms with E-state index in [0.29, 0.717) is 0 Å². The van der Waals surface area contributed by atoms with Crippen molar-refractivity contribution in [1.29, 1.82) is 0 Å². The van der Waals surface area contributed by atoms with E-state index >= 15 is 0 Å². The third kappa shape index (κ3) is 3.78. The van der Waals surface area contributed by atoms with E-state index in [1.54, 1.807) is 0 Å². The molecule has 0 bridgehead atoms. The van der Waals surface area contributed by atoms with Crippen molar-refractivity contribution in [3.05, 3.63) is 35.4 Å². The van der Waals surface area contributed by atoms with Gasteiger partial charge in [-0.2, -0.15) is 0 Å². The van der Waals surface area contributed by atoms with E-state index in [2.05, 4.69) is 22.8 Å². The molecule has 2 N–H and O–H groups in total. The van der Waals surface area contributed by atoms with Crippen LogP contribution in [-0.4, -0.2) is 41.9 Å². The summed E-state index contributed by atoms with van der Waals surface area (Å²) >= 11 is 0. The van der Waals surface area contributed by atoms with E-state index in [-0.39, 0.29) is 29.8 Å². The molecule has 2 heterocycles. The maximum atomic E-state index is 12.5. The number of carbonyl (C=O) groups is 2. The van der Waals surface area contributed by atoms with Gasteiger partial charge in [0.1, 0.15) is 0 Å². The SMILES string of the molecule is CC(C)C(=O)N1CCC(NC(=O)C2Cc3ccccc3CN2)CC1. The molecule has 2 aliphatic heterocycles. The van der Waals surface area contributed by atoms with E-state index in [1.165, 1.54) is 11.1 Å². The summed E-state index contributed by atoms with van der Waals surface area (Å²) in [4.78, 5) is 26.5. The zero-order valence-corrected chi connectivity index (χ0v) is 14.5. The first kappa shape index (κ1) is 17.0. The summed E-state index contributed by atoms with van der Waals surface area (Å²) in [6.07, 6.45) is 2.42. The fourth-order valence-corrected chi connectivity index (χ4v) is 3.55. The molecule has 1 unspecified atom stereocenters. The van der Waals surface area contributed by atoms with Crippen LogP contribution in [0.15, 0.2) is 24.3 Å². The van der Waals surface area contributed by atoms with Gasteiger partial charge in [-0.1, -0.05) is 38.1 Å². The van der Waals surface area contributed by atoms with Crippen molar-refractivity contribution >= 4 is 11.8 Å². The molecule has 1 aromatic rings. The lowest BCUT2D eigenvalue weighted by Crippen LogP contribution is -2.53. The molecule has 130 valence electrons. The van der Waals surface area contributed by atoms with E-state index < -0.39 is 0 Å². The topological polar surface area (TPSA) is 61.4 Å². The standard InChI is InChI=1S/C19H27N3O2/c1-13(2)19(24)22-9-7-16(8-10-22)21-18(23)17-11-14-5-3-4-6-15(14)12-20-17/h3-6,13,16-17,20H,7-12H2,1-2H3,(H,21,23). The minimum Gasteiger partial charge on any atom is -0.352 e. The molecule has 1 atom stereocenters. The number of nitrogens with zero attached hydrogens (tertiary/aromatic N) is 1. The number of fused-ring (bicyclic) bond motifs is 1. The Balaban J connectivity index is 1.49. The van der Waals surface area contributed by atoms with Crippen LogP contribution in [-0.2, 0) is 22.6 Å². The molecule has 0 aliphatic carbocycles. The lowest BCUT2D eigenvalue weighted by molar-refractivity contribution is -0.135. The normalized spacial score (nSPS) is 21.5. The Bertz CT molecular complexity index is 606. The van der Waals surface area contributed by atoms with Gasteiger partial charge in [-0.05, 0) is 30.4 Å². The van der Waals surface area contributed by atoms with E-state index in [0.717, 1.165) is 38.9 Å². The number of benzene rings is 1. The van der Waals surface area contributed by atoms with Crippen LogP contribution in [0.2, 0.25) is 0 Å². The Hall–Kier alpha value is -1.88. The Morgan fingerprint density at radius 3 is 2.50 bits per heavy atom. The summed E-state index contributed by atoms with van der Waals surface area (Å²) in [5.74, 6) is 0.339. The highest BCUT2D eigenvalue weighted by atomic mass is 16.2. The molecule has 0 radical (unpaired) electrons. The quantitative estimate of drug-likeness (QED) is 0.883. The molecule has 0 saturated carbocycles. The summed E-state index contributed by atoms with van der Waals surface area (Å²) in [6, 6.07) is 8.29. The Kier molecular flexibility index (Phi) is 5.19. The van der Waals surface area contributed by atoms with Crippen molar-refractivity contribution in [3.63, 3.8) is 0 Å². The molecular formula is C19H27N3O2. The smallest absolute Gasteiger partial charge is 0.237 e. The number of piperidine rings is 1. The number of nitrogens with one attached hydrogen (secondary N) is 2. The van der Waals surface area contributed by atoms with Crippen molar-refractivity contribution in [2.75, 3.05) is 13.1 Å². The summed E-state index contributed by atoms with van der Waals surface area (Å²) in [5.41, 5.74) is 2.54. The molecule has 5 nitrogen and oxygen atoms in total. The second-order valence-corrected chi connectivity index (χ2v) is 7.17. The molecular weight excluding hydrogens is 302 g/mol. The molecule has 24 heavy (non-hydrogen) atoms. The minimum absolute atomic E-state index is 0.0441. The van der Waals surface area contributed by atoms with Crippen LogP contribution in [0.1, 0.15) is 37.8 Å². The summed E-state index contributed by atoms with van der Waals surface area (Å²) in [7, 11) is 0. The zero-order valence-electron chi connectivity index (χ0n) is 14.5. The first-order chi connectivity index (χ1) is 11.5. The molecule has 1 fully saturated rings. The van der Waals surface area contributed by atoms with Crippen LogP contribution in [0.3, 0.4) is 0 Å². The fourth-order valence-electron chi connectivity index (χ4n) is 3.55. The molecule has 3 rings (SSSR count). The Morgan fingerprint density at radius 2 is 1.83 bits per heavy atom. The van der Waals surface area contributed by atoms with Gasteiger partial charge in [-0.25, -0.2) is 0 Å². The first-order valence-corrected chi connectivity index (χ1v) is 8.94. The van der Waals surface area contributed by atoms with Crippen molar-refractivity contribution in [2.45, 2.75) is 51.7 Å². The zero-order chi connectivity index (χ0) is 17.1. The highest BCUT2D eigenvalue weighted by Gasteiger charge is 2.28. The Labute approximate surface area is 143 Å². The third-order valence-electron chi connectivity index (χ3n) is 5.04. The number of carbonyl (C=O) groups excluding carboxylic acids is 2. The second kappa shape index (κ2) is 7.34. The second-order valence-electron chi connectivity index (χ2n) is 7.17. The van der Waals surface area contributed by atoms with Crippen molar-refractivity contribution in [3.8, 4) is 0 Å². The van der Waals surface area contributed by atoms with Crippen LogP contribution < -0.4 is 10.6 Å². The fraction of sp³-hybridized carbons (Fsp3) is 0.579. The average Bonchev–Trinajstić information content (AvgIpc) is 2.61. The van der Waals surface area contributed by atoms with E-state index in [1.807, 2.05) is 30.9 Å². The van der Waals surface area contributed by atoms with Crippen LogP contribution in [0, 0.1) is 5.92 Å². The first-order valence-electron chi connectivity index (χ1n) is 8.94. The number of hydrogen-bond acceptors (Lipinski definition) is 3. The average molecular weight is 329 g/mol. The predicted molar refractivity (Wildman–Crippen MR) is 93.4 cm³/mol. The van der Waals surface area contributed by atoms with E-state index in [9.17, 15) is 9.59 Å². The molecule has 1 saturated heterocycles. The van der Waals surface area contributed by atoms with Gasteiger partial charge in [0.2, 0.25) is 11.8 Å². The van der Waals surface area contributed by atoms with Crippen LogP contribution >= 0.6 is 0 Å². The highest BCUT2D eigenvalue weighted by Crippen LogP contribution is 2.17. The van der Waals surface area contributed by atoms with Gasteiger partial charge in [0.05, 0.1) is 6.04 Å². The lowest BCUT2D eigenvalue weighted by atomic mass is 9.95. The minimum atomic E-state index is -0.157. The van der Waals surface area contributed by atoms with Gasteiger partial charge in [0.25, 0.3) is 0 Å². The van der Waals surface area contributed by atoms with Crippen LogP contribution in [0.5, 0.6) is 0 Å². The monoisotopic (exact) mass is 329 g/mol. The van der Waals surface area contributed by atoms with Gasteiger partial charge in [0.15, 0.2) is 0 Å². The molecule has 5 heteroatoms. The van der Waals surface area contributed by atoms with Crippen LogP contribution in [0.4, 0.5) is 0 Å². The van der Waals surface area contributed by atoms with Crippen molar-refractivity contribution in [2.24, 2.45) is 5.92 Å². The van der Waals surface area contributed by atoms with Gasteiger partial charge >= 0.3 is 0 Å². The summed E-state index contributed by atoms with van der Waals surface area (Å²) < 4.78 is 0. The molecule has 0 aromatic heterocycles. The third-order valence-corrected chi connectivity index (χ3v) is 5.04. The molecule has 2 aliphatic rings. The number of likely N-dealkylation sites (tertiary alicyclic amines) is 1. The van der Waals surface area contributed by atoms with Gasteiger partial charge in [-0.15, -0.1) is 0 Å². The van der Waals surface area contributed by atoms with Crippen molar-refractivity contribution < 1.29 is 9.59 Å². The predicted octanol–water partition coefficient (Wildman–Crippen LogP) is 1.46. The molecule has 2 amide bonds. The number of amides is 2. The van der Waals surface area contributed by atoms with Crippen molar-refractivity contribution in [1.82, 2.24) is 15.5 Å². The summed E-state index contributed by atoms with van der Waals surface area (Å²) in [6.45, 7) is 6.09. The Morgan fingerprint density at radius 1 is 1.17 bits per heavy atom. The largest absolute Gasteiger partial charge is 0.352 e. The maximum Gasteiger partial charge on any atom is 0.237 e. The highest BCUT2D eigenvalue weighted by molar-refractivity contribution is 5.83. The number of hydrogen-bond donors (Lipinski definition) is 2. The van der Waals surface area contributed by atoms with Crippen LogP contribution in [0.25, 0.3) is 0 Å².